The molecule has 1 aromatic heterocycles. The monoisotopic (exact) mass is 282 g/mol. The summed E-state index contributed by atoms with van der Waals surface area (Å²) in [5, 5.41) is 0.304. The first kappa shape index (κ1) is 13.6. The number of aryl methyl sites for hydroxylation is 1. The minimum Gasteiger partial charge on any atom is -0.497 e. The van der Waals surface area contributed by atoms with Crippen molar-refractivity contribution in [3.8, 4) is 5.75 Å². The van der Waals surface area contributed by atoms with Crippen LogP contribution in [0.15, 0.2) is 34.1 Å². The Labute approximate surface area is 110 Å². The summed E-state index contributed by atoms with van der Waals surface area (Å²) < 4.78 is 32.4. The van der Waals surface area contributed by atoms with Crippen LogP contribution < -0.4 is 14.9 Å². The van der Waals surface area contributed by atoms with Crippen molar-refractivity contribution in [2.45, 2.75) is 4.90 Å². The Kier molecular flexibility index (Phi) is 3.34. The molecule has 1 aromatic carbocycles. The fourth-order valence-electron chi connectivity index (χ4n) is 1.87. The van der Waals surface area contributed by atoms with Gasteiger partial charge in [-0.3, -0.25) is 4.79 Å². The van der Waals surface area contributed by atoms with Gasteiger partial charge in [0.15, 0.2) is 0 Å². The molecule has 0 radical (unpaired) electrons. The Balaban J connectivity index is 2.92. The van der Waals surface area contributed by atoms with E-state index in [2.05, 4.69) is 4.72 Å². The second kappa shape index (κ2) is 4.67. The molecule has 2 aromatic rings. The van der Waals surface area contributed by atoms with Crippen LogP contribution in [-0.2, 0) is 17.1 Å². The quantitative estimate of drug-likeness (QED) is 0.887. The molecule has 19 heavy (non-hydrogen) atoms. The van der Waals surface area contributed by atoms with Gasteiger partial charge in [-0.2, -0.15) is 0 Å². The standard InChI is InChI=1S/C12H14N2O4S/c1-13-19(16,17)11-7-14(2)10-5-4-8(18-3)6-9(10)12(11)15/h4-7,13H,1-3H3. The van der Waals surface area contributed by atoms with Gasteiger partial charge in [-0.25, -0.2) is 13.1 Å². The van der Waals surface area contributed by atoms with Gasteiger partial charge in [0.1, 0.15) is 10.6 Å². The van der Waals surface area contributed by atoms with Gasteiger partial charge in [0.05, 0.1) is 18.0 Å². The number of nitrogens with one attached hydrogen (secondary N) is 1. The van der Waals surface area contributed by atoms with Crippen LogP contribution in [0.4, 0.5) is 0 Å². The van der Waals surface area contributed by atoms with Crippen molar-refractivity contribution in [1.82, 2.24) is 9.29 Å². The first-order valence-corrected chi connectivity index (χ1v) is 7.00. The van der Waals surface area contributed by atoms with Crippen molar-refractivity contribution in [2.75, 3.05) is 14.2 Å². The van der Waals surface area contributed by atoms with Crippen LogP contribution in [0, 0.1) is 0 Å². The molecule has 0 aliphatic rings. The zero-order chi connectivity index (χ0) is 14.2. The summed E-state index contributed by atoms with van der Waals surface area (Å²) in [6.45, 7) is 0. The van der Waals surface area contributed by atoms with Crippen LogP contribution in [0.1, 0.15) is 0 Å². The number of hydrogen-bond acceptors (Lipinski definition) is 4. The summed E-state index contributed by atoms with van der Waals surface area (Å²) >= 11 is 0. The molecule has 0 saturated carbocycles. The molecule has 0 fully saturated rings. The van der Waals surface area contributed by atoms with Crippen molar-refractivity contribution in [3.05, 3.63) is 34.6 Å². The molecular weight excluding hydrogens is 268 g/mol. The van der Waals surface area contributed by atoms with Crippen LogP contribution in [0.25, 0.3) is 10.9 Å². The lowest BCUT2D eigenvalue weighted by Crippen LogP contribution is -2.26. The average Bonchev–Trinajstić information content (AvgIpc) is 2.42. The minimum atomic E-state index is -3.79. The number of benzene rings is 1. The van der Waals surface area contributed by atoms with Gasteiger partial charge in [0.2, 0.25) is 15.5 Å². The summed E-state index contributed by atoms with van der Waals surface area (Å²) in [4.78, 5) is 12.0. The summed E-state index contributed by atoms with van der Waals surface area (Å²) in [5.41, 5.74) is 0.0993. The highest BCUT2D eigenvalue weighted by Gasteiger charge is 2.19. The van der Waals surface area contributed by atoms with Gasteiger partial charge in [-0.05, 0) is 25.2 Å². The van der Waals surface area contributed by atoms with E-state index in [0.29, 0.717) is 16.7 Å². The SMILES string of the molecule is CNS(=O)(=O)c1cn(C)c2ccc(OC)cc2c1=O. The maximum atomic E-state index is 12.3. The molecule has 0 unspecified atom stereocenters. The normalized spacial score (nSPS) is 11.7. The Morgan fingerprint density at radius 1 is 1.32 bits per heavy atom. The molecule has 0 aliphatic carbocycles. The van der Waals surface area contributed by atoms with E-state index in [1.807, 2.05) is 0 Å². The van der Waals surface area contributed by atoms with E-state index >= 15 is 0 Å². The zero-order valence-corrected chi connectivity index (χ0v) is 11.6. The zero-order valence-electron chi connectivity index (χ0n) is 10.8. The summed E-state index contributed by atoms with van der Waals surface area (Å²) in [6.07, 6.45) is 1.31. The van der Waals surface area contributed by atoms with Crippen molar-refractivity contribution in [2.24, 2.45) is 7.05 Å². The molecule has 2 rings (SSSR count). The molecule has 0 spiro atoms. The molecule has 102 valence electrons. The predicted molar refractivity (Wildman–Crippen MR) is 72.0 cm³/mol. The van der Waals surface area contributed by atoms with Gasteiger partial charge >= 0.3 is 0 Å². The molecule has 0 bridgehead atoms. The molecule has 7 heteroatoms. The van der Waals surface area contributed by atoms with E-state index < -0.39 is 15.5 Å². The second-order valence-electron chi connectivity index (χ2n) is 4.02. The number of methoxy groups -OCH3 is 1. The van der Waals surface area contributed by atoms with E-state index in [9.17, 15) is 13.2 Å². The van der Waals surface area contributed by atoms with Crippen LogP contribution in [0.3, 0.4) is 0 Å². The summed E-state index contributed by atoms with van der Waals surface area (Å²) in [7, 11) is 0.651. The summed E-state index contributed by atoms with van der Waals surface area (Å²) in [5.74, 6) is 0.503. The number of fused-ring (bicyclic) bond motifs is 1. The van der Waals surface area contributed by atoms with Gasteiger partial charge in [-0.1, -0.05) is 0 Å². The van der Waals surface area contributed by atoms with Gasteiger partial charge in [-0.15, -0.1) is 0 Å². The van der Waals surface area contributed by atoms with E-state index in [1.54, 1.807) is 23.7 Å². The smallest absolute Gasteiger partial charge is 0.245 e. The lowest BCUT2D eigenvalue weighted by molar-refractivity contribution is 0.415. The molecule has 0 atom stereocenters. The first-order chi connectivity index (χ1) is 8.90. The van der Waals surface area contributed by atoms with Crippen LogP contribution in [0.5, 0.6) is 5.75 Å². The number of hydrogen-bond donors (Lipinski definition) is 1. The van der Waals surface area contributed by atoms with Crippen molar-refractivity contribution < 1.29 is 13.2 Å². The fourth-order valence-corrected chi connectivity index (χ4v) is 2.74. The second-order valence-corrected chi connectivity index (χ2v) is 5.88. The number of aromatic nitrogens is 1. The summed E-state index contributed by atoms with van der Waals surface area (Å²) in [6, 6.07) is 4.96. The molecule has 1 heterocycles. The van der Waals surface area contributed by atoms with E-state index in [-0.39, 0.29) is 4.90 Å². The highest BCUT2D eigenvalue weighted by atomic mass is 32.2. The van der Waals surface area contributed by atoms with Crippen LogP contribution in [0.2, 0.25) is 0 Å². The lowest BCUT2D eigenvalue weighted by Gasteiger charge is -2.10. The van der Waals surface area contributed by atoms with Gasteiger partial charge < -0.3 is 9.30 Å². The molecule has 6 nitrogen and oxygen atoms in total. The molecule has 0 amide bonds. The molecule has 1 N–H and O–H groups in total. The number of pyridine rings is 1. The Morgan fingerprint density at radius 3 is 2.58 bits per heavy atom. The Bertz CT molecular complexity index is 793. The molecule has 0 aliphatic heterocycles. The van der Waals surface area contributed by atoms with Crippen molar-refractivity contribution in [3.63, 3.8) is 0 Å². The van der Waals surface area contributed by atoms with E-state index in [1.165, 1.54) is 26.4 Å². The predicted octanol–water partition coefficient (Wildman–Crippen LogP) is 0.455. The number of rotatable bonds is 3. The van der Waals surface area contributed by atoms with Crippen molar-refractivity contribution in [1.29, 1.82) is 0 Å². The fraction of sp³-hybridized carbons (Fsp3) is 0.250. The number of ether oxygens (including phenoxy) is 1. The highest BCUT2D eigenvalue weighted by molar-refractivity contribution is 7.89. The van der Waals surface area contributed by atoms with E-state index in [4.69, 9.17) is 4.74 Å². The average molecular weight is 282 g/mol. The maximum Gasteiger partial charge on any atom is 0.245 e. The van der Waals surface area contributed by atoms with E-state index in [0.717, 1.165) is 0 Å². The van der Waals surface area contributed by atoms with Crippen LogP contribution >= 0.6 is 0 Å². The molecule has 0 saturated heterocycles. The molecular formula is C12H14N2O4S. The number of sulfonamides is 1. The van der Waals surface area contributed by atoms with Gasteiger partial charge in [0.25, 0.3) is 0 Å². The Morgan fingerprint density at radius 2 is 2.00 bits per heavy atom. The van der Waals surface area contributed by atoms with Crippen LogP contribution in [-0.4, -0.2) is 27.1 Å². The topological polar surface area (TPSA) is 77.4 Å². The third-order valence-corrected chi connectivity index (χ3v) is 4.33. The highest BCUT2D eigenvalue weighted by Crippen LogP contribution is 2.19. The maximum absolute atomic E-state index is 12.3. The Hall–Kier alpha value is -1.86. The minimum absolute atomic E-state index is 0.279. The third kappa shape index (κ3) is 2.22. The van der Waals surface area contributed by atoms with Gasteiger partial charge in [0, 0.05) is 13.2 Å². The lowest BCUT2D eigenvalue weighted by atomic mass is 10.2. The third-order valence-electron chi connectivity index (χ3n) is 2.92. The first-order valence-electron chi connectivity index (χ1n) is 5.51. The number of nitrogens with zero attached hydrogens (tertiary/aromatic N) is 1. The largest absolute Gasteiger partial charge is 0.497 e. The van der Waals surface area contributed by atoms with Crippen molar-refractivity contribution >= 4 is 20.9 Å².